The molecule has 0 spiro atoms. The molecule has 7 heteroatoms. The minimum Gasteiger partial charge on any atom is -0.365 e. The zero-order valence-corrected chi connectivity index (χ0v) is 14.4. The number of hydrogen-bond donors (Lipinski definition) is 2. The Morgan fingerprint density at radius 1 is 1.20 bits per heavy atom. The molecule has 0 aliphatic heterocycles. The van der Waals surface area contributed by atoms with Gasteiger partial charge in [0.25, 0.3) is 0 Å². The molecule has 2 aromatic heterocycles. The van der Waals surface area contributed by atoms with Gasteiger partial charge in [0.2, 0.25) is 5.91 Å². The lowest BCUT2D eigenvalue weighted by Gasteiger charge is -2.21. The summed E-state index contributed by atoms with van der Waals surface area (Å²) >= 11 is 0. The first-order chi connectivity index (χ1) is 11.9. The molecule has 0 saturated carbocycles. The van der Waals surface area contributed by atoms with Crippen LogP contribution in [-0.4, -0.2) is 31.0 Å². The molecule has 7 nitrogen and oxygen atoms in total. The van der Waals surface area contributed by atoms with E-state index in [4.69, 9.17) is 0 Å². The molecule has 1 aromatic carbocycles. The van der Waals surface area contributed by atoms with Gasteiger partial charge in [-0.2, -0.15) is 0 Å². The van der Waals surface area contributed by atoms with Crippen LogP contribution >= 0.6 is 0 Å². The van der Waals surface area contributed by atoms with Gasteiger partial charge in [-0.3, -0.25) is 9.36 Å². The Balaban J connectivity index is 1.95. The van der Waals surface area contributed by atoms with Crippen molar-refractivity contribution in [3.8, 4) is 5.82 Å². The van der Waals surface area contributed by atoms with Crippen LogP contribution in [0.15, 0.2) is 49.6 Å². The molecule has 3 aromatic rings. The molecular formula is C18H20N6O. The fourth-order valence-electron chi connectivity index (χ4n) is 2.40. The SMILES string of the molecule is C=CC(=O)Nc1ccc2c(c1)ncn2-c1cc(NC(C)(C)C)ncn1. The van der Waals surface area contributed by atoms with E-state index < -0.39 is 0 Å². The molecule has 0 bridgehead atoms. The molecule has 0 unspecified atom stereocenters. The summed E-state index contributed by atoms with van der Waals surface area (Å²) in [5, 5.41) is 6.05. The molecule has 2 N–H and O–H groups in total. The summed E-state index contributed by atoms with van der Waals surface area (Å²) in [5.41, 5.74) is 2.21. The van der Waals surface area contributed by atoms with E-state index in [1.165, 1.54) is 12.4 Å². The highest BCUT2D eigenvalue weighted by Crippen LogP contribution is 2.22. The van der Waals surface area contributed by atoms with Crippen LogP contribution in [0.2, 0.25) is 0 Å². The van der Waals surface area contributed by atoms with Crippen molar-refractivity contribution in [1.82, 2.24) is 19.5 Å². The number of benzene rings is 1. The lowest BCUT2D eigenvalue weighted by Crippen LogP contribution is -2.26. The van der Waals surface area contributed by atoms with Crippen LogP contribution in [0.1, 0.15) is 20.8 Å². The summed E-state index contributed by atoms with van der Waals surface area (Å²) in [5.74, 6) is 1.20. The number of aromatic nitrogens is 4. The summed E-state index contributed by atoms with van der Waals surface area (Å²) in [6.07, 6.45) is 4.45. The van der Waals surface area contributed by atoms with E-state index in [1.54, 1.807) is 6.33 Å². The Bertz CT molecular complexity index is 938. The van der Waals surface area contributed by atoms with Crippen molar-refractivity contribution in [2.75, 3.05) is 10.6 Å². The average Bonchev–Trinajstić information content (AvgIpc) is 2.96. The van der Waals surface area contributed by atoms with Gasteiger partial charge in [-0.05, 0) is 45.0 Å². The van der Waals surface area contributed by atoms with Crippen molar-refractivity contribution in [2.45, 2.75) is 26.3 Å². The van der Waals surface area contributed by atoms with Gasteiger partial charge in [-0.1, -0.05) is 6.58 Å². The van der Waals surface area contributed by atoms with Gasteiger partial charge in [0.05, 0.1) is 11.0 Å². The molecular weight excluding hydrogens is 316 g/mol. The number of nitrogens with zero attached hydrogens (tertiary/aromatic N) is 4. The van der Waals surface area contributed by atoms with Gasteiger partial charge in [0.1, 0.15) is 24.3 Å². The maximum Gasteiger partial charge on any atom is 0.247 e. The van der Waals surface area contributed by atoms with E-state index in [2.05, 4.69) is 52.9 Å². The monoisotopic (exact) mass is 336 g/mol. The van der Waals surface area contributed by atoms with Gasteiger partial charge in [0, 0.05) is 17.3 Å². The molecule has 1 amide bonds. The summed E-state index contributed by atoms with van der Waals surface area (Å²) < 4.78 is 1.88. The Morgan fingerprint density at radius 3 is 2.72 bits per heavy atom. The second-order valence-corrected chi connectivity index (χ2v) is 6.65. The van der Waals surface area contributed by atoms with E-state index in [0.29, 0.717) is 11.5 Å². The summed E-state index contributed by atoms with van der Waals surface area (Å²) in [7, 11) is 0. The quantitative estimate of drug-likeness (QED) is 0.715. The molecule has 0 radical (unpaired) electrons. The van der Waals surface area contributed by atoms with E-state index in [9.17, 15) is 4.79 Å². The lowest BCUT2D eigenvalue weighted by molar-refractivity contribution is -0.111. The molecule has 0 atom stereocenters. The number of carbonyl (C=O) groups excluding carboxylic acids is 1. The molecule has 25 heavy (non-hydrogen) atoms. The number of carbonyl (C=O) groups is 1. The number of fused-ring (bicyclic) bond motifs is 1. The van der Waals surface area contributed by atoms with Crippen LogP contribution in [0.3, 0.4) is 0 Å². The molecule has 3 rings (SSSR count). The topological polar surface area (TPSA) is 84.7 Å². The van der Waals surface area contributed by atoms with Crippen molar-refractivity contribution in [3.63, 3.8) is 0 Å². The summed E-state index contributed by atoms with van der Waals surface area (Å²) in [6.45, 7) is 9.65. The highest BCUT2D eigenvalue weighted by atomic mass is 16.1. The molecule has 2 heterocycles. The first kappa shape index (κ1) is 16.6. The molecule has 0 aliphatic carbocycles. The van der Waals surface area contributed by atoms with Gasteiger partial charge < -0.3 is 10.6 Å². The smallest absolute Gasteiger partial charge is 0.247 e. The van der Waals surface area contributed by atoms with Crippen LogP contribution in [-0.2, 0) is 4.79 Å². The number of nitrogens with one attached hydrogen (secondary N) is 2. The highest BCUT2D eigenvalue weighted by Gasteiger charge is 2.12. The zero-order valence-electron chi connectivity index (χ0n) is 14.4. The third-order valence-electron chi connectivity index (χ3n) is 3.40. The van der Waals surface area contributed by atoms with E-state index >= 15 is 0 Å². The molecule has 0 aliphatic rings. The molecule has 0 saturated heterocycles. The summed E-state index contributed by atoms with van der Waals surface area (Å²) in [6, 6.07) is 7.39. The predicted molar refractivity (Wildman–Crippen MR) is 98.9 cm³/mol. The Kier molecular flexibility index (Phi) is 4.22. The van der Waals surface area contributed by atoms with Gasteiger partial charge in [0.15, 0.2) is 0 Å². The minimum absolute atomic E-state index is 0.0963. The zero-order chi connectivity index (χ0) is 18.0. The fourth-order valence-corrected chi connectivity index (χ4v) is 2.40. The first-order valence-electron chi connectivity index (χ1n) is 7.87. The van der Waals surface area contributed by atoms with Gasteiger partial charge >= 0.3 is 0 Å². The van der Waals surface area contributed by atoms with E-state index in [0.717, 1.165) is 16.9 Å². The van der Waals surface area contributed by atoms with Crippen LogP contribution < -0.4 is 10.6 Å². The van der Waals surface area contributed by atoms with Crippen LogP contribution in [0.25, 0.3) is 16.9 Å². The van der Waals surface area contributed by atoms with Crippen LogP contribution in [0.4, 0.5) is 11.5 Å². The number of imidazole rings is 1. The maximum absolute atomic E-state index is 11.4. The van der Waals surface area contributed by atoms with Crippen molar-refractivity contribution in [3.05, 3.63) is 49.6 Å². The standard InChI is InChI=1S/C18H20N6O/c1-5-17(25)22-12-6-7-14-13(8-12)21-11-24(14)16-9-15(19-10-20-16)23-18(2,3)4/h5-11H,1H2,2-4H3,(H,22,25)(H,19,20,23). The fraction of sp³-hybridized carbons (Fsp3) is 0.222. The third-order valence-corrected chi connectivity index (χ3v) is 3.40. The van der Waals surface area contributed by atoms with Crippen molar-refractivity contribution in [1.29, 1.82) is 0 Å². The number of anilines is 2. The van der Waals surface area contributed by atoms with Crippen molar-refractivity contribution in [2.24, 2.45) is 0 Å². The van der Waals surface area contributed by atoms with E-state index in [-0.39, 0.29) is 11.4 Å². The lowest BCUT2D eigenvalue weighted by atomic mass is 10.1. The third kappa shape index (κ3) is 3.82. The maximum atomic E-state index is 11.4. The summed E-state index contributed by atoms with van der Waals surface area (Å²) in [4.78, 5) is 24.4. The van der Waals surface area contributed by atoms with Crippen LogP contribution in [0, 0.1) is 0 Å². The number of hydrogen-bond acceptors (Lipinski definition) is 5. The Morgan fingerprint density at radius 2 is 2.00 bits per heavy atom. The average molecular weight is 336 g/mol. The normalized spacial score (nSPS) is 11.3. The minimum atomic E-state index is -0.257. The van der Waals surface area contributed by atoms with Crippen LogP contribution in [0.5, 0.6) is 0 Å². The first-order valence-corrected chi connectivity index (χ1v) is 7.87. The second kappa shape index (κ2) is 6.35. The molecule has 128 valence electrons. The Hall–Kier alpha value is -3.22. The number of rotatable bonds is 4. The van der Waals surface area contributed by atoms with Gasteiger partial charge in [-0.15, -0.1) is 0 Å². The molecule has 0 fully saturated rings. The second-order valence-electron chi connectivity index (χ2n) is 6.65. The Labute approximate surface area is 145 Å². The predicted octanol–water partition coefficient (Wildman–Crippen LogP) is 3.15. The highest BCUT2D eigenvalue weighted by molar-refractivity contribution is 6.00. The van der Waals surface area contributed by atoms with Gasteiger partial charge in [-0.25, -0.2) is 15.0 Å². The van der Waals surface area contributed by atoms with E-state index in [1.807, 2.05) is 28.8 Å². The largest absolute Gasteiger partial charge is 0.365 e. The van der Waals surface area contributed by atoms with Crippen molar-refractivity contribution >= 4 is 28.4 Å². The number of amides is 1. The van der Waals surface area contributed by atoms with Crippen molar-refractivity contribution < 1.29 is 4.79 Å².